The van der Waals surface area contributed by atoms with Crippen molar-refractivity contribution >= 4 is 21.7 Å². The van der Waals surface area contributed by atoms with Gasteiger partial charge < -0.3 is 10.0 Å². The molecule has 1 aromatic rings. The van der Waals surface area contributed by atoms with E-state index < -0.39 is 21.6 Å². The minimum atomic E-state index is -3.42. The fraction of sp³-hybridized carbons (Fsp3) is 0.579. The Balaban J connectivity index is 1.43. The van der Waals surface area contributed by atoms with Gasteiger partial charge in [-0.2, -0.15) is 0 Å². The van der Waals surface area contributed by atoms with Crippen LogP contribution in [-0.2, 0) is 25.8 Å². The zero-order valence-corrected chi connectivity index (χ0v) is 15.6. The molecule has 1 aromatic carbocycles. The highest BCUT2D eigenvalue weighted by atomic mass is 32.2. The Hall–Kier alpha value is -1.89. The molecule has 1 amide bonds. The number of hydrogen-bond acceptors (Lipinski definition) is 4. The lowest BCUT2D eigenvalue weighted by Gasteiger charge is -2.32. The molecular formula is C19H25NO5S. The number of amides is 1. The smallest absolute Gasteiger partial charge is 0.307 e. The van der Waals surface area contributed by atoms with Crippen LogP contribution in [0.4, 0.5) is 0 Å². The second-order valence-corrected chi connectivity index (χ2v) is 9.70. The zero-order valence-electron chi connectivity index (χ0n) is 14.8. The van der Waals surface area contributed by atoms with Crippen LogP contribution >= 0.6 is 0 Å². The summed E-state index contributed by atoms with van der Waals surface area (Å²) in [6, 6.07) is 9.69. The number of sulfone groups is 1. The molecular weight excluding hydrogens is 354 g/mol. The molecule has 0 radical (unpaired) electrons. The SMILES string of the molecule is O=C(O)C1CC12CCN(C(=O)CS(=O)(=O)CCCc1ccccc1)CC2. The van der Waals surface area contributed by atoms with E-state index in [9.17, 15) is 18.0 Å². The lowest BCUT2D eigenvalue weighted by molar-refractivity contribution is -0.139. The molecule has 3 rings (SSSR count). The van der Waals surface area contributed by atoms with Crippen molar-refractivity contribution in [1.29, 1.82) is 0 Å². The summed E-state index contributed by atoms with van der Waals surface area (Å²) in [6.45, 7) is 0.921. The first-order valence-electron chi connectivity index (χ1n) is 9.06. The maximum absolute atomic E-state index is 12.3. The summed E-state index contributed by atoms with van der Waals surface area (Å²) in [5.74, 6) is -1.84. The van der Waals surface area contributed by atoms with Gasteiger partial charge >= 0.3 is 5.97 Å². The molecule has 26 heavy (non-hydrogen) atoms. The van der Waals surface area contributed by atoms with Gasteiger partial charge in [0.1, 0.15) is 5.75 Å². The van der Waals surface area contributed by atoms with E-state index in [1.54, 1.807) is 4.90 Å². The van der Waals surface area contributed by atoms with Gasteiger partial charge in [0, 0.05) is 13.1 Å². The molecule has 2 fully saturated rings. The second kappa shape index (κ2) is 7.39. The predicted molar refractivity (Wildman–Crippen MR) is 97.4 cm³/mol. The first-order valence-corrected chi connectivity index (χ1v) is 10.9. The van der Waals surface area contributed by atoms with Gasteiger partial charge in [0.25, 0.3) is 0 Å². The molecule has 1 aliphatic heterocycles. The highest BCUT2D eigenvalue weighted by Gasteiger charge is 2.59. The Kier molecular flexibility index (Phi) is 5.37. The van der Waals surface area contributed by atoms with Crippen LogP contribution in [0.3, 0.4) is 0 Å². The number of aryl methyl sites for hydroxylation is 1. The molecule has 1 saturated carbocycles. The number of carboxylic acid groups (broad SMARTS) is 1. The van der Waals surface area contributed by atoms with E-state index in [1.807, 2.05) is 30.3 Å². The Morgan fingerprint density at radius 1 is 1.15 bits per heavy atom. The quantitative estimate of drug-likeness (QED) is 0.779. The van der Waals surface area contributed by atoms with Crippen LogP contribution in [0.15, 0.2) is 30.3 Å². The summed E-state index contributed by atoms with van der Waals surface area (Å²) >= 11 is 0. The number of rotatable bonds is 7. The average molecular weight is 379 g/mol. The number of benzene rings is 1. The Bertz CT molecular complexity index is 766. The zero-order chi connectivity index (χ0) is 18.8. The van der Waals surface area contributed by atoms with Gasteiger partial charge in [-0.05, 0) is 43.1 Å². The summed E-state index contributed by atoms with van der Waals surface area (Å²) in [7, 11) is -3.42. The number of carbonyl (C=O) groups excluding carboxylic acids is 1. The highest BCUT2D eigenvalue weighted by Crippen LogP contribution is 2.59. The molecule has 6 nitrogen and oxygen atoms in total. The van der Waals surface area contributed by atoms with Crippen LogP contribution in [0.2, 0.25) is 0 Å². The van der Waals surface area contributed by atoms with Crippen LogP contribution in [0.5, 0.6) is 0 Å². The Morgan fingerprint density at radius 3 is 2.38 bits per heavy atom. The van der Waals surface area contributed by atoms with Crippen molar-refractivity contribution in [3.63, 3.8) is 0 Å². The van der Waals surface area contributed by atoms with Gasteiger partial charge in [-0.15, -0.1) is 0 Å². The van der Waals surface area contributed by atoms with Crippen molar-refractivity contribution in [1.82, 2.24) is 4.90 Å². The number of likely N-dealkylation sites (tertiary alicyclic amines) is 1. The summed E-state index contributed by atoms with van der Waals surface area (Å²) in [5.41, 5.74) is 0.935. The first kappa shape index (κ1) is 18.9. The fourth-order valence-corrected chi connectivity index (χ4v) is 5.23. The largest absolute Gasteiger partial charge is 0.481 e. The Morgan fingerprint density at radius 2 is 1.81 bits per heavy atom. The van der Waals surface area contributed by atoms with Crippen molar-refractivity contribution < 1.29 is 23.1 Å². The van der Waals surface area contributed by atoms with Gasteiger partial charge in [-0.1, -0.05) is 30.3 Å². The van der Waals surface area contributed by atoms with E-state index in [1.165, 1.54) is 0 Å². The summed E-state index contributed by atoms with van der Waals surface area (Å²) < 4.78 is 24.5. The lowest BCUT2D eigenvalue weighted by atomic mass is 9.91. The number of aliphatic carboxylic acids is 1. The van der Waals surface area contributed by atoms with E-state index in [4.69, 9.17) is 5.11 Å². The molecule has 142 valence electrons. The van der Waals surface area contributed by atoms with Crippen LogP contribution in [0, 0.1) is 11.3 Å². The minimum absolute atomic E-state index is 0.00645. The van der Waals surface area contributed by atoms with Gasteiger partial charge in [0.15, 0.2) is 9.84 Å². The van der Waals surface area contributed by atoms with Crippen molar-refractivity contribution in [2.75, 3.05) is 24.6 Å². The molecule has 1 saturated heterocycles. The summed E-state index contributed by atoms with van der Waals surface area (Å²) in [5, 5.41) is 9.10. The third-order valence-electron chi connectivity index (χ3n) is 5.71. The number of carbonyl (C=O) groups is 2. The number of hydrogen-bond donors (Lipinski definition) is 1. The van der Waals surface area contributed by atoms with Gasteiger partial charge in [0.05, 0.1) is 11.7 Å². The standard InChI is InChI=1S/C19H25NO5S/c21-17(20-10-8-19(9-11-20)13-16(19)18(22)23)14-26(24,25)12-4-7-15-5-2-1-3-6-15/h1-3,5-6,16H,4,7-14H2,(H,22,23). The molecule has 7 heteroatoms. The maximum Gasteiger partial charge on any atom is 0.307 e. The molecule has 1 heterocycles. The van der Waals surface area contributed by atoms with E-state index in [0.717, 1.165) is 5.56 Å². The normalized spacial score (nSPS) is 21.5. The number of nitrogens with zero attached hydrogens (tertiary/aromatic N) is 1. The van der Waals surface area contributed by atoms with Crippen molar-refractivity contribution in [3.05, 3.63) is 35.9 Å². The molecule has 1 atom stereocenters. The third-order valence-corrected chi connectivity index (χ3v) is 7.30. The van der Waals surface area contributed by atoms with Crippen LogP contribution in [0.1, 0.15) is 31.2 Å². The fourth-order valence-electron chi connectivity index (χ4n) is 3.94. The van der Waals surface area contributed by atoms with Crippen LogP contribution in [-0.4, -0.2) is 54.9 Å². The Labute approximate surface area is 154 Å². The molecule has 1 N–H and O–H groups in total. The molecule has 0 aromatic heterocycles. The summed E-state index contributed by atoms with van der Waals surface area (Å²) in [4.78, 5) is 25.0. The van der Waals surface area contributed by atoms with Crippen molar-refractivity contribution in [2.24, 2.45) is 11.3 Å². The highest BCUT2D eigenvalue weighted by molar-refractivity contribution is 7.92. The van der Waals surface area contributed by atoms with Gasteiger partial charge in [0.2, 0.25) is 5.91 Å². The lowest BCUT2D eigenvalue weighted by Crippen LogP contribution is -2.42. The topological polar surface area (TPSA) is 91.8 Å². The van der Waals surface area contributed by atoms with Gasteiger partial charge in [-0.25, -0.2) is 8.42 Å². The maximum atomic E-state index is 12.3. The summed E-state index contributed by atoms with van der Waals surface area (Å²) in [6.07, 6.45) is 3.18. The predicted octanol–water partition coefficient (Wildman–Crippen LogP) is 1.75. The molecule has 0 bridgehead atoms. The van der Waals surface area contributed by atoms with Crippen LogP contribution < -0.4 is 0 Å². The monoisotopic (exact) mass is 379 g/mol. The second-order valence-electron chi connectivity index (χ2n) is 7.52. The van der Waals surface area contributed by atoms with Crippen LogP contribution in [0.25, 0.3) is 0 Å². The minimum Gasteiger partial charge on any atom is -0.481 e. The molecule has 1 unspecified atom stereocenters. The van der Waals surface area contributed by atoms with Gasteiger partial charge in [-0.3, -0.25) is 9.59 Å². The number of carboxylic acids is 1. The van der Waals surface area contributed by atoms with E-state index >= 15 is 0 Å². The third kappa shape index (κ3) is 4.44. The first-order chi connectivity index (χ1) is 12.3. The van der Waals surface area contributed by atoms with E-state index in [0.29, 0.717) is 45.2 Å². The van der Waals surface area contributed by atoms with E-state index in [-0.39, 0.29) is 23.0 Å². The van der Waals surface area contributed by atoms with E-state index in [2.05, 4.69) is 0 Å². The molecule has 1 spiro atoms. The molecule has 2 aliphatic rings. The van der Waals surface area contributed by atoms with Crippen molar-refractivity contribution in [3.8, 4) is 0 Å². The van der Waals surface area contributed by atoms with Crippen molar-refractivity contribution in [2.45, 2.75) is 32.1 Å². The average Bonchev–Trinajstić information content (AvgIpc) is 3.29. The number of piperidine rings is 1. The molecule has 1 aliphatic carbocycles.